The largest absolute Gasteiger partial charge is 0.496 e. The number of ether oxygens (including phenoxy) is 1. The Bertz CT molecular complexity index is 509. The number of carboxylic acid groups (broad SMARTS) is 1. The second-order valence-electron chi connectivity index (χ2n) is 6.00. The van der Waals surface area contributed by atoms with Gasteiger partial charge in [0.2, 0.25) is 0 Å². The first-order chi connectivity index (χ1) is 10.0. The summed E-state index contributed by atoms with van der Waals surface area (Å²) in [7, 11) is 1.63. The van der Waals surface area contributed by atoms with Gasteiger partial charge in [0.1, 0.15) is 5.75 Å². The number of benzene rings is 1. The van der Waals surface area contributed by atoms with Gasteiger partial charge in [0.05, 0.1) is 12.7 Å². The molecular formula is C17H25NO3. The average molecular weight is 291 g/mol. The number of aromatic carboxylic acids is 1. The Kier molecular flexibility index (Phi) is 4.88. The van der Waals surface area contributed by atoms with E-state index < -0.39 is 5.97 Å². The van der Waals surface area contributed by atoms with E-state index in [1.807, 2.05) is 0 Å². The Labute approximate surface area is 126 Å². The van der Waals surface area contributed by atoms with Crippen LogP contribution in [0, 0.1) is 5.41 Å². The second kappa shape index (κ2) is 6.48. The van der Waals surface area contributed by atoms with Gasteiger partial charge in [-0.05, 0) is 49.4 Å². The Morgan fingerprint density at radius 2 is 2.10 bits per heavy atom. The molecule has 0 amide bonds. The molecule has 1 saturated heterocycles. The molecule has 1 aromatic carbocycles. The predicted octanol–water partition coefficient (Wildman–Crippen LogP) is 3.41. The van der Waals surface area contributed by atoms with Crippen molar-refractivity contribution in [2.24, 2.45) is 5.41 Å². The van der Waals surface area contributed by atoms with Gasteiger partial charge in [-0.15, -0.1) is 0 Å². The summed E-state index contributed by atoms with van der Waals surface area (Å²) in [6.07, 6.45) is 3.62. The summed E-state index contributed by atoms with van der Waals surface area (Å²) in [4.78, 5) is 13.5. The van der Waals surface area contributed by atoms with E-state index in [1.165, 1.54) is 19.3 Å². The van der Waals surface area contributed by atoms with Crippen LogP contribution in [0.25, 0.3) is 0 Å². The van der Waals surface area contributed by atoms with Gasteiger partial charge in [-0.2, -0.15) is 0 Å². The Hall–Kier alpha value is -1.55. The van der Waals surface area contributed by atoms with Crippen molar-refractivity contribution in [3.8, 4) is 5.75 Å². The molecule has 0 aliphatic carbocycles. The summed E-state index contributed by atoms with van der Waals surface area (Å²) in [6.45, 7) is 7.44. The van der Waals surface area contributed by atoms with Crippen LogP contribution in [0.15, 0.2) is 18.2 Å². The van der Waals surface area contributed by atoms with Crippen LogP contribution in [0.4, 0.5) is 0 Å². The van der Waals surface area contributed by atoms with E-state index in [2.05, 4.69) is 18.7 Å². The molecule has 0 aromatic heterocycles. The van der Waals surface area contributed by atoms with Crippen LogP contribution in [0.1, 0.15) is 49.0 Å². The van der Waals surface area contributed by atoms with Crippen molar-refractivity contribution in [1.82, 2.24) is 4.90 Å². The molecule has 116 valence electrons. The number of carbonyl (C=O) groups is 1. The van der Waals surface area contributed by atoms with Crippen LogP contribution in [-0.4, -0.2) is 36.2 Å². The monoisotopic (exact) mass is 291 g/mol. The van der Waals surface area contributed by atoms with E-state index in [0.29, 0.717) is 11.0 Å². The quantitative estimate of drug-likeness (QED) is 0.872. The SMILES string of the molecule is CCC1(CC)CCN(Cc2cc(C(=O)O)ccc2OC)C1. The molecule has 0 bridgehead atoms. The second-order valence-corrected chi connectivity index (χ2v) is 6.00. The number of likely N-dealkylation sites (tertiary alicyclic amines) is 1. The molecule has 0 atom stereocenters. The van der Waals surface area contributed by atoms with Crippen LogP contribution < -0.4 is 4.74 Å². The molecule has 1 fully saturated rings. The van der Waals surface area contributed by atoms with E-state index in [-0.39, 0.29) is 0 Å². The van der Waals surface area contributed by atoms with Gasteiger partial charge in [-0.25, -0.2) is 4.79 Å². The first kappa shape index (κ1) is 15.8. The summed E-state index contributed by atoms with van der Waals surface area (Å²) >= 11 is 0. The van der Waals surface area contributed by atoms with Crippen LogP contribution in [0.2, 0.25) is 0 Å². The molecule has 2 rings (SSSR count). The van der Waals surface area contributed by atoms with Gasteiger partial charge < -0.3 is 9.84 Å². The number of rotatable bonds is 6. The summed E-state index contributed by atoms with van der Waals surface area (Å²) in [6, 6.07) is 5.08. The predicted molar refractivity (Wildman–Crippen MR) is 82.9 cm³/mol. The highest BCUT2D eigenvalue weighted by Crippen LogP contribution is 2.38. The van der Waals surface area contributed by atoms with Gasteiger partial charge in [0.25, 0.3) is 0 Å². The molecule has 21 heavy (non-hydrogen) atoms. The molecule has 1 aliphatic heterocycles. The van der Waals surface area contributed by atoms with Crippen molar-refractivity contribution in [2.75, 3.05) is 20.2 Å². The summed E-state index contributed by atoms with van der Waals surface area (Å²) in [5.74, 6) is -0.123. The fraction of sp³-hybridized carbons (Fsp3) is 0.588. The summed E-state index contributed by atoms with van der Waals surface area (Å²) in [5, 5.41) is 9.14. The molecule has 1 aliphatic rings. The molecule has 0 radical (unpaired) electrons. The van der Waals surface area contributed by atoms with Gasteiger partial charge >= 0.3 is 5.97 Å². The minimum Gasteiger partial charge on any atom is -0.496 e. The van der Waals surface area contributed by atoms with E-state index >= 15 is 0 Å². The fourth-order valence-electron chi connectivity index (χ4n) is 3.27. The van der Waals surface area contributed by atoms with Crippen molar-refractivity contribution in [2.45, 2.75) is 39.7 Å². The first-order valence-corrected chi connectivity index (χ1v) is 7.66. The molecule has 1 N–H and O–H groups in total. The third-order valence-electron chi connectivity index (χ3n) is 4.94. The van der Waals surface area contributed by atoms with Gasteiger partial charge in [-0.1, -0.05) is 13.8 Å². The highest BCUT2D eigenvalue weighted by Gasteiger charge is 2.34. The van der Waals surface area contributed by atoms with E-state index in [1.54, 1.807) is 25.3 Å². The molecule has 0 unspecified atom stereocenters. The van der Waals surface area contributed by atoms with Crippen molar-refractivity contribution in [1.29, 1.82) is 0 Å². The Morgan fingerprint density at radius 3 is 2.62 bits per heavy atom. The molecule has 0 spiro atoms. The maximum absolute atomic E-state index is 11.1. The molecule has 4 heteroatoms. The fourth-order valence-corrected chi connectivity index (χ4v) is 3.27. The zero-order valence-electron chi connectivity index (χ0n) is 13.2. The molecular weight excluding hydrogens is 266 g/mol. The number of hydrogen-bond acceptors (Lipinski definition) is 3. The molecule has 4 nitrogen and oxygen atoms in total. The number of nitrogens with zero attached hydrogens (tertiary/aromatic N) is 1. The topological polar surface area (TPSA) is 49.8 Å². The van der Waals surface area contributed by atoms with Crippen LogP contribution in [0.3, 0.4) is 0 Å². The zero-order valence-corrected chi connectivity index (χ0v) is 13.2. The minimum absolute atomic E-state index is 0.322. The van der Waals surface area contributed by atoms with Crippen molar-refractivity contribution < 1.29 is 14.6 Å². The maximum Gasteiger partial charge on any atom is 0.335 e. The molecule has 1 heterocycles. The van der Waals surface area contributed by atoms with Gasteiger partial charge in [0, 0.05) is 18.7 Å². The average Bonchev–Trinajstić information content (AvgIpc) is 2.91. The lowest BCUT2D eigenvalue weighted by Gasteiger charge is -2.26. The number of methoxy groups -OCH3 is 1. The van der Waals surface area contributed by atoms with Crippen LogP contribution in [-0.2, 0) is 6.54 Å². The van der Waals surface area contributed by atoms with Crippen LogP contribution >= 0.6 is 0 Å². The minimum atomic E-state index is -0.892. The zero-order chi connectivity index (χ0) is 15.5. The molecule has 1 aromatic rings. The third-order valence-corrected chi connectivity index (χ3v) is 4.94. The smallest absolute Gasteiger partial charge is 0.335 e. The lowest BCUT2D eigenvalue weighted by atomic mass is 9.82. The number of hydrogen-bond donors (Lipinski definition) is 1. The Balaban J connectivity index is 2.16. The van der Waals surface area contributed by atoms with Gasteiger partial charge in [-0.3, -0.25) is 4.90 Å². The number of carboxylic acids is 1. The van der Waals surface area contributed by atoms with Crippen molar-refractivity contribution in [3.05, 3.63) is 29.3 Å². The molecule has 0 saturated carbocycles. The lowest BCUT2D eigenvalue weighted by molar-refractivity contribution is 0.0696. The first-order valence-electron chi connectivity index (χ1n) is 7.66. The van der Waals surface area contributed by atoms with E-state index in [9.17, 15) is 4.79 Å². The lowest BCUT2D eigenvalue weighted by Crippen LogP contribution is -2.26. The van der Waals surface area contributed by atoms with Crippen molar-refractivity contribution in [3.63, 3.8) is 0 Å². The van der Waals surface area contributed by atoms with Crippen molar-refractivity contribution >= 4 is 5.97 Å². The highest BCUT2D eigenvalue weighted by molar-refractivity contribution is 5.88. The van der Waals surface area contributed by atoms with E-state index in [4.69, 9.17) is 9.84 Å². The normalized spacial score (nSPS) is 17.9. The summed E-state index contributed by atoms with van der Waals surface area (Å²) in [5.41, 5.74) is 1.71. The summed E-state index contributed by atoms with van der Waals surface area (Å²) < 4.78 is 5.38. The maximum atomic E-state index is 11.1. The van der Waals surface area contributed by atoms with E-state index in [0.717, 1.165) is 30.9 Å². The highest BCUT2D eigenvalue weighted by atomic mass is 16.5. The Morgan fingerprint density at radius 1 is 1.38 bits per heavy atom. The third kappa shape index (κ3) is 3.38. The standard InChI is InChI=1S/C17H25NO3/c1-4-17(5-2)8-9-18(12-17)11-14-10-13(16(19)20)6-7-15(14)21-3/h6-7,10H,4-5,8-9,11-12H2,1-3H3,(H,19,20). The van der Waals surface area contributed by atoms with Gasteiger partial charge in [0.15, 0.2) is 0 Å². The van der Waals surface area contributed by atoms with Crippen LogP contribution in [0.5, 0.6) is 5.75 Å².